The van der Waals surface area contributed by atoms with Crippen LogP contribution in [0.1, 0.15) is 58.6 Å². The first-order valence-corrected chi connectivity index (χ1v) is 14.2. The maximum absolute atomic E-state index is 13.4. The van der Waals surface area contributed by atoms with E-state index in [9.17, 15) is 9.59 Å². The van der Waals surface area contributed by atoms with Crippen molar-refractivity contribution in [3.05, 3.63) is 45.0 Å². The van der Waals surface area contributed by atoms with Gasteiger partial charge in [0.25, 0.3) is 0 Å². The Morgan fingerprint density at radius 2 is 1.87 bits per heavy atom. The van der Waals surface area contributed by atoms with E-state index < -0.39 is 17.7 Å². The van der Waals surface area contributed by atoms with E-state index in [4.69, 9.17) is 39.5 Å². The van der Waals surface area contributed by atoms with E-state index >= 15 is 0 Å². The van der Waals surface area contributed by atoms with Crippen molar-refractivity contribution in [1.29, 1.82) is 0 Å². The summed E-state index contributed by atoms with van der Waals surface area (Å²) in [6.45, 7) is 9.10. The van der Waals surface area contributed by atoms with Gasteiger partial charge >= 0.3 is 6.09 Å². The molecule has 4 rings (SSSR count). The highest BCUT2D eigenvalue weighted by Gasteiger charge is 2.41. The largest absolute Gasteiger partial charge is 0.444 e. The standard InChI is InChI=1S/C27H35Cl3N6O3/c1-16(19-10-9-17(28)12-20(19)29)32-23-21(30)13-31-25(33-23)35-14-18(15-35)34(5)24(37)22-8-6-7-11-36(22)26(38)39-27(2,3)4/h9-10,12-13,16,18,22H,6-8,11,14-15H2,1-5H3,(H,31,32,33)/t16-,22-/m1/s1. The van der Waals surface area contributed by atoms with Gasteiger partial charge in [-0.25, -0.2) is 9.78 Å². The minimum Gasteiger partial charge on any atom is -0.444 e. The lowest BCUT2D eigenvalue weighted by Crippen LogP contribution is -2.63. The molecule has 0 bridgehead atoms. The number of likely N-dealkylation sites (tertiary alicyclic amines) is 1. The van der Waals surface area contributed by atoms with Gasteiger partial charge in [-0.3, -0.25) is 9.69 Å². The van der Waals surface area contributed by atoms with Crippen molar-refractivity contribution in [3.63, 3.8) is 0 Å². The second-order valence-electron chi connectivity index (χ2n) is 11.1. The van der Waals surface area contributed by atoms with E-state index in [-0.39, 0.29) is 18.0 Å². The summed E-state index contributed by atoms with van der Waals surface area (Å²) in [5.41, 5.74) is 0.248. The van der Waals surface area contributed by atoms with Crippen molar-refractivity contribution < 1.29 is 14.3 Å². The molecule has 12 heteroatoms. The van der Waals surface area contributed by atoms with Crippen molar-refractivity contribution in [2.75, 3.05) is 36.9 Å². The number of piperidine rings is 1. The molecule has 1 aromatic heterocycles. The summed E-state index contributed by atoms with van der Waals surface area (Å²) >= 11 is 18.8. The van der Waals surface area contributed by atoms with Gasteiger partial charge in [-0.1, -0.05) is 40.9 Å². The molecule has 0 spiro atoms. The molecule has 2 aromatic rings. The predicted octanol–water partition coefficient (Wildman–Crippen LogP) is 6.05. The second kappa shape index (κ2) is 11.9. The maximum Gasteiger partial charge on any atom is 0.410 e. The van der Waals surface area contributed by atoms with Crippen molar-refractivity contribution in [2.24, 2.45) is 0 Å². The number of ether oxygens (including phenoxy) is 1. The molecule has 1 aromatic carbocycles. The third kappa shape index (κ3) is 6.99. The van der Waals surface area contributed by atoms with Crippen molar-refractivity contribution in [3.8, 4) is 0 Å². The van der Waals surface area contributed by atoms with Gasteiger partial charge in [-0.15, -0.1) is 0 Å². The van der Waals surface area contributed by atoms with Gasteiger partial charge in [0.2, 0.25) is 11.9 Å². The lowest BCUT2D eigenvalue weighted by atomic mass is 9.99. The van der Waals surface area contributed by atoms with E-state index in [1.807, 2.05) is 38.7 Å². The van der Waals surface area contributed by atoms with Gasteiger partial charge in [0.15, 0.2) is 5.82 Å². The Labute approximate surface area is 244 Å². The van der Waals surface area contributed by atoms with Crippen LogP contribution < -0.4 is 10.2 Å². The van der Waals surface area contributed by atoms with Gasteiger partial charge in [0.1, 0.15) is 16.7 Å². The maximum atomic E-state index is 13.4. The highest BCUT2D eigenvalue weighted by Crippen LogP contribution is 2.32. The van der Waals surface area contributed by atoms with Crippen molar-refractivity contribution in [2.45, 2.75) is 70.7 Å². The first kappa shape index (κ1) is 29.5. The zero-order valence-corrected chi connectivity index (χ0v) is 25.1. The molecule has 2 aliphatic heterocycles. The molecule has 0 unspecified atom stereocenters. The van der Waals surface area contributed by atoms with Crippen LogP contribution in [0.3, 0.4) is 0 Å². The number of likely N-dealkylation sites (N-methyl/N-ethyl adjacent to an activating group) is 1. The second-order valence-corrected chi connectivity index (χ2v) is 12.3. The minimum absolute atomic E-state index is 0.0256. The molecule has 3 heterocycles. The Kier molecular flexibility index (Phi) is 9.03. The fourth-order valence-corrected chi connectivity index (χ4v) is 5.47. The molecular formula is C27H35Cl3N6O3. The average molecular weight is 598 g/mol. The zero-order chi connectivity index (χ0) is 28.5. The molecule has 212 valence electrons. The number of benzene rings is 1. The summed E-state index contributed by atoms with van der Waals surface area (Å²) in [5.74, 6) is 0.933. The molecular weight excluding hydrogens is 563 g/mol. The lowest BCUT2D eigenvalue weighted by Gasteiger charge is -2.46. The molecule has 2 amide bonds. The Bertz CT molecular complexity index is 1220. The van der Waals surface area contributed by atoms with Crippen LogP contribution >= 0.6 is 34.8 Å². The monoisotopic (exact) mass is 596 g/mol. The fraction of sp³-hybridized carbons (Fsp3) is 0.556. The summed E-state index contributed by atoms with van der Waals surface area (Å²) in [7, 11) is 1.79. The number of halogens is 3. The van der Waals surface area contributed by atoms with Crippen LogP contribution in [0.2, 0.25) is 15.1 Å². The topological polar surface area (TPSA) is 90.9 Å². The third-order valence-corrected chi connectivity index (χ3v) is 7.81. The van der Waals surface area contributed by atoms with E-state index in [2.05, 4.69) is 15.3 Å². The van der Waals surface area contributed by atoms with Crippen LogP contribution in [-0.2, 0) is 9.53 Å². The summed E-state index contributed by atoms with van der Waals surface area (Å²) in [5, 5.41) is 4.81. The van der Waals surface area contributed by atoms with Crippen LogP contribution in [0.4, 0.5) is 16.6 Å². The Morgan fingerprint density at radius 1 is 1.15 bits per heavy atom. The molecule has 39 heavy (non-hydrogen) atoms. The van der Waals surface area contributed by atoms with Gasteiger partial charge in [-0.05, 0) is 64.7 Å². The third-order valence-electron chi connectivity index (χ3n) is 6.97. The van der Waals surface area contributed by atoms with Gasteiger partial charge in [-0.2, -0.15) is 4.98 Å². The van der Waals surface area contributed by atoms with Gasteiger partial charge in [0.05, 0.1) is 18.3 Å². The average Bonchev–Trinajstić information content (AvgIpc) is 2.83. The van der Waals surface area contributed by atoms with Crippen molar-refractivity contribution >= 4 is 58.6 Å². The highest BCUT2D eigenvalue weighted by atomic mass is 35.5. The molecule has 2 saturated heterocycles. The zero-order valence-electron chi connectivity index (χ0n) is 22.9. The number of nitrogens with zero attached hydrogens (tertiary/aromatic N) is 5. The molecule has 9 nitrogen and oxygen atoms in total. The number of amides is 2. The number of carbonyl (C=O) groups excluding carboxylic acids is 2. The van der Waals surface area contributed by atoms with Gasteiger partial charge < -0.3 is 19.9 Å². The molecule has 2 atom stereocenters. The van der Waals surface area contributed by atoms with Crippen LogP contribution in [0, 0.1) is 0 Å². The van der Waals surface area contributed by atoms with Crippen LogP contribution in [-0.4, -0.2) is 76.1 Å². The molecule has 2 aliphatic rings. The molecule has 0 radical (unpaired) electrons. The molecule has 2 fully saturated rings. The van der Waals surface area contributed by atoms with Gasteiger partial charge in [0, 0.05) is 36.7 Å². The molecule has 0 aliphatic carbocycles. The summed E-state index contributed by atoms with van der Waals surface area (Å²) in [6, 6.07) is 4.62. The smallest absolute Gasteiger partial charge is 0.410 e. The number of carbonyl (C=O) groups is 2. The van der Waals surface area contributed by atoms with Crippen molar-refractivity contribution in [1.82, 2.24) is 19.8 Å². The first-order chi connectivity index (χ1) is 18.3. The van der Waals surface area contributed by atoms with Crippen LogP contribution in [0.5, 0.6) is 0 Å². The number of hydrogen-bond donors (Lipinski definition) is 1. The summed E-state index contributed by atoms with van der Waals surface area (Å²) in [4.78, 5) is 40.6. The minimum atomic E-state index is -0.617. The quantitative estimate of drug-likeness (QED) is 0.434. The van der Waals surface area contributed by atoms with E-state index in [0.29, 0.717) is 52.9 Å². The number of hydrogen-bond acceptors (Lipinski definition) is 7. The molecule has 0 saturated carbocycles. The lowest BCUT2D eigenvalue weighted by molar-refractivity contribution is -0.139. The number of anilines is 2. The summed E-state index contributed by atoms with van der Waals surface area (Å²) < 4.78 is 5.56. The van der Waals surface area contributed by atoms with E-state index in [0.717, 1.165) is 18.4 Å². The number of aromatic nitrogens is 2. The Morgan fingerprint density at radius 3 is 2.54 bits per heavy atom. The molecule has 1 N–H and O–H groups in total. The van der Waals surface area contributed by atoms with Crippen LogP contribution in [0.15, 0.2) is 24.4 Å². The number of nitrogens with one attached hydrogen (secondary N) is 1. The Balaban J connectivity index is 1.38. The normalized spacial score (nSPS) is 18.8. The van der Waals surface area contributed by atoms with E-state index in [1.165, 1.54) is 0 Å². The fourth-order valence-electron chi connectivity index (χ4n) is 4.75. The highest BCUT2D eigenvalue weighted by molar-refractivity contribution is 6.35. The summed E-state index contributed by atoms with van der Waals surface area (Å²) in [6.07, 6.45) is 3.51. The first-order valence-electron chi connectivity index (χ1n) is 13.1. The van der Waals surface area contributed by atoms with Crippen LogP contribution in [0.25, 0.3) is 0 Å². The predicted molar refractivity (Wildman–Crippen MR) is 155 cm³/mol. The Hall–Kier alpha value is -2.49. The number of rotatable bonds is 6. The SMILES string of the molecule is C[C@@H](Nc1nc(N2CC(N(C)C(=O)[C@H]3CCCCN3C(=O)OC(C)(C)C)C2)ncc1Cl)c1ccc(Cl)cc1Cl. The van der Waals surface area contributed by atoms with E-state index in [1.54, 1.807) is 35.2 Å².